The van der Waals surface area contributed by atoms with Crippen LogP contribution in [0.25, 0.3) is 10.2 Å². The molecular formula is C15H12N4OS2. The lowest BCUT2D eigenvalue weighted by Gasteiger charge is -2.10. The molecule has 110 valence electrons. The van der Waals surface area contributed by atoms with Gasteiger partial charge in [0, 0.05) is 16.9 Å². The topological polar surface area (TPSA) is 80.0 Å². The van der Waals surface area contributed by atoms with E-state index in [-0.39, 0.29) is 0 Å². The lowest BCUT2D eigenvalue weighted by Crippen LogP contribution is -2.19. The van der Waals surface area contributed by atoms with Crippen molar-refractivity contribution in [2.75, 3.05) is 10.6 Å². The van der Waals surface area contributed by atoms with Gasteiger partial charge in [-0.1, -0.05) is 0 Å². The van der Waals surface area contributed by atoms with Crippen molar-refractivity contribution in [1.29, 1.82) is 0 Å². The number of thiazole rings is 1. The molecule has 0 atom stereocenters. The molecule has 0 radical (unpaired) electrons. The van der Waals surface area contributed by atoms with E-state index in [1.807, 2.05) is 23.7 Å². The second-order valence-electron chi connectivity index (χ2n) is 4.56. The summed E-state index contributed by atoms with van der Waals surface area (Å²) in [5.41, 5.74) is 10.0. The van der Waals surface area contributed by atoms with Crippen molar-refractivity contribution < 1.29 is 4.79 Å². The van der Waals surface area contributed by atoms with Gasteiger partial charge in [0.25, 0.3) is 0 Å². The summed E-state index contributed by atoms with van der Waals surface area (Å²) in [4.78, 5) is 15.3. The van der Waals surface area contributed by atoms with Crippen LogP contribution in [0.3, 0.4) is 0 Å². The summed E-state index contributed by atoms with van der Waals surface area (Å²) in [7, 11) is 0. The van der Waals surface area contributed by atoms with Gasteiger partial charge in [-0.05, 0) is 54.7 Å². The number of nitrogens with zero attached hydrogens (tertiary/aromatic N) is 1. The summed E-state index contributed by atoms with van der Waals surface area (Å²) in [6.45, 7) is 0. The molecule has 2 aromatic carbocycles. The Bertz CT molecular complexity index is 842. The number of fused-ring (bicyclic) bond motifs is 1. The third kappa shape index (κ3) is 3.21. The van der Waals surface area contributed by atoms with Gasteiger partial charge in [0.1, 0.15) is 0 Å². The second kappa shape index (κ2) is 6.08. The maximum absolute atomic E-state index is 11.0. The summed E-state index contributed by atoms with van der Waals surface area (Å²) in [5.74, 6) is -0.455. The molecule has 0 aliphatic heterocycles. The fourth-order valence-corrected chi connectivity index (χ4v) is 2.84. The summed E-state index contributed by atoms with van der Waals surface area (Å²) < 4.78 is 1.13. The SMILES string of the molecule is NC(=O)c1ccc(NC(=S)Nc2ccc3scnc3c2)cc1. The highest BCUT2D eigenvalue weighted by molar-refractivity contribution is 7.80. The van der Waals surface area contributed by atoms with Crippen molar-refractivity contribution in [3.63, 3.8) is 0 Å². The van der Waals surface area contributed by atoms with Crippen molar-refractivity contribution in [1.82, 2.24) is 4.98 Å². The van der Waals surface area contributed by atoms with Crippen LogP contribution in [-0.2, 0) is 0 Å². The van der Waals surface area contributed by atoms with Crippen LogP contribution in [0, 0.1) is 0 Å². The molecule has 0 saturated carbocycles. The number of amides is 1. The van der Waals surface area contributed by atoms with Gasteiger partial charge in [-0.15, -0.1) is 11.3 Å². The minimum atomic E-state index is -0.455. The first-order valence-corrected chi connectivity index (χ1v) is 7.72. The van der Waals surface area contributed by atoms with Crippen molar-refractivity contribution in [3.8, 4) is 0 Å². The fourth-order valence-electron chi connectivity index (χ4n) is 1.95. The predicted molar refractivity (Wildman–Crippen MR) is 94.4 cm³/mol. The van der Waals surface area contributed by atoms with E-state index in [9.17, 15) is 4.79 Å². The molecule has 1 heterocycles. The number of nitrogens with one attached hydrogen (secondary N) is 2. The van der Waals surface area contributed by atoms with Gasteiger partial charge in [-0.2, -0.15) is 0 Å². The highest BCUT2D eigenvalue weighted by atomic mass is 32.1. The highest BCUT2D eigenvalue weighted by Crippen LogP contribution is 2.21. The van der Waals surface area contributed by atoms with Crippen molar-refractivity contribution >= 4 is 56.2 Å². The van der Waals surface area contributed by atoms with E-state index in [0.29, 0.717) is 10.7 Å². The number of anilines is 2. The average molecular weight is 328 g/mol. The Morgan fingerprint density at radius 1 is 1.09 bits per heavy atom. The Hall–Kier alpha value is -2.51. The minimum absolute atomic E-state index is 0.455. The van der Waals surface area contributed by atoms with E-state index in [4.69, 9.17) is 18.0 Å². The van der Waals surface area contributed by atoms with E-state index in [1.54, 1.807) is 35.6 Å². The number of hydrogen-bond donors (Lipinski definition) is 3. The zero-order valence-corrected chi connectivity index (χ0v) is 13.0. The van der Waals surface area contributed by atoms with E-state index in [2.05, 4.69) is 15.6 Å². The van der Waals surface area contributed by atoms with E-state index >= 15 is 0 Å². The second-order valence-corrected chi connectivity index (χ2v) is 5.85. The van der Waals surface area contributed by atoms with Crippen molar-refractivity contribution in [2.24, 2.45) is 5.73 Å². The van der Waals surface area contributed by atoms with Gasteiger partial charge in [-0.25, -0.2) is 4.98 Å². The van der Waals surface area contributed by atoms with Crippen LogP contribution in [0.2, 0.25) is 0 Å². The van der Waals surface area contributed by atoms with Crippen molar-refractivity contribution in [3.05, 3.63) is 53.5 Å². The molecule has 1 aromatic heterocycles. The molecule has 1 amide bonds. The number of aromatic nitrogens is 1. The van der Waals surface area contributed by atoms with Gasteiger partial charge >= 0.3 is 0 Å². The Morgan fingerprint density at radius 3 is 2.50 bits per heavy atom. The molecule has 0 unspecified atom stereocenters. The van der Waals surface area contributed by atoms with Crippen LogP contribution in [-0.4, -0.2) is 16.0 Å². The minimum Gasteiger partial charge on any atom is -0.366 e. The van der Waals surface area contributed by atoms with Crippen molar-refractivity contribution in [2.45, 2.75) is 0 Å². The molecule has 22 heavy (non-hydrogen) atoms. The van der Waals surface area contributed by atoms with Gasteiger partial charge < -0.3 is 16.4 Å². The third-order valence-corrected chi connectivity index (χ3v) is 4.03. The monoisotopic (exact) mass is 328 g/mol. The molecule has 0 aliphatic carbocycles. The number of benzene rings is 2. The first-order chi connectivity index (χ1) is 10.6. The molecule has 0 bridgehead atoms. The number of nitrogens with two attached hydrogens (primary N) is 1. The Kier molecular flexibility index (Phi) is 3.99. The first-order valence-electron chi connectivity index (χ1n) is 6.43. The van der Waals surface area contributed by atoms with E-state index < -0.39 is 5.91 Å². The molecule has 4 N–H and O–H groups in total. The predicted octanol–water partition coefficient (Wildman–Crippen LogP) is 3.20. The lowest BCUT2D eigenvalue weighted by atomic mass is 10.2. The molecule has 0 aliphatic rings. The molecule has 7 heteroatoms. The zero-order chi connectivity index (χ0) is 15.5. The molecule has 0 spiro atoms. The van der Waals surface area contributed by atoms with Crippen LogP contribution in [0.4, 0.5) is 11.4 Å². The first kappa shape index (κ1) is 14.4. The number of hydrogen-bond acceptors (Lipinski definition) is 4. The Balaban J connectivity index is 1.67. The summed E-state index contributed by atoms with van der Waals surface area (Å²) in [5, 5.41) is 6.61. The largest absolute Gasteiger partial charge is 0.366 e. The van der Waals surface area contributed by atoms with Gasteiger partial charge in [-0.3, -0.25) is 4.79 Å². The lowest BCUT2D eigenvalue weighted by molar-refractivity contribution is 0.100. The van der Waals surface area contributed by atoms with Crippen LogP contribution in [0.5, 0.6) is 0 Å². The van der Waals surface area contributed by atoms with Crippen LogP contribution < -0.4 is 16.4 Å². The maximum Gasteiger partial charge on any atom is 0.248 e. The number of primary amides is 1. The van der Waals surface area contributed by atoms with Gasteiger partial charge in [0.05, 0.1) is 15.7 Å². The quantitative estimate of drug-likeness (QED) is 0.643. The van der Waals surface area contributed by atoms with Crippen LogP contribution in [0.1, 0.15) is 10.4 Å². The summed E-state index contributed by atoms with van der Waals surface area (Å²) >= 11 is 6.87. The Labute approximate surface area is 136 Å². The normalized spacial score (nSPS) is 10.4. The standard InChI is InChI=1S/C15H12N4OS2/c16-14(20)9-1-3-10(4-2-9)18-15(21)19-11-5-6-13-12(7-11)17-8-22-13/h1-8H,(H2,16,20)(H2,18,19,21). The molecular weight excluding hydrogens is 316 g/mol. The molecule has 3 rings (SSSR count). The summed E-state index contributed by atoms with van der Waals surface area (Å²) in [6.07, 6.45) is 0. The van der Waals surface area contributed by atoms with E-state index in [0.717, 1.165) is 21.6 Å². The third-order valence-electron chi connectivity index (χ3n) is 3.02. The average Bonchev–Trinajstić information content (AvgIpc) is 2.95. The van der Waals surface area contributed by atoms with Crippen LogP contribution in [0.15, 0.2) is 48.0 Å². The fraction of sp³-hybridized carbons (Fsp3) is 0. The smallest absolute Gasteiger partial charge is 0.248 e. The number of rotatable bonds is 3. The Morgan fingerprint density at radius 2 is 1.77 bits per heavy atom. The molecule has 5 nitrogen and oxygen atoms in total. The number of carbonyl (C=O) groups excluding carboxylic acids is 1. The molecule has 0 fully saturated rings. The van der Waals surface area contributed by atoms with E-state index in [1.165, 1.54) is 0 Å². The number of thiocarbonyl (C=S) groups is 1. The zero-order valence-electron chi connectivity index (χ0n) is 11.4. The van der Waals surface area contributed by atoms with Gasteiger partial charge in [0.15, 0.2) is 5.11 Å². The number of carbonyl (C=O) groups is 1. The highest BCUT2D eigenvalue weighted by Gasteiger charge is 2.03. The molecule has 3 aromatic rings. The molecule has 0 saturated heterocycles. The maximum atomic E-state index is 11.0. The van der Waals surface area contributed by atoms with Crippen LogP contribution >= 0.6 is 23.6 Å². The van der Waals surface area contributed by atoms with Gasteiger partial charge in [0.2, 0.25) is 5.91 Å². The summed E-state index contributed by atoms with van der Waals surface area (Å²) in [6, 6.07) is 12.7.